The maximum atomic E-state index is 11.6. The summed E-state index contributed by atoms with van der Waals surface area (Å²) in [6.45, 7) is 4.53. The highest BCUT2D eigenvalue weighted by atomic mass is 16.4. The average molecular weight is 375 g/mol. The van der Waals surface area contributed by atoms with Crippen LogP contribution in [0.2, 0.25) is 0 Å². The molecular formula is C21H21N5O2. The molecule has 2 N–H and O–H groups in total. The lowest BCUT2D eigenvalue weighted by Gasteiger charge is -2.23. The second kappa shape index (κ2) is 7.26. The van der Waals surface area contributed by atoms with Crippen molar-refractivity contribution in [3.8, 4) is 0 Å². The van der Waals surface area contributed by atoms with Gasteiger partial charge in [-0.15, -0.1) is 10.2 Å². The molecule has 0 bridgehead atoms. The van der Waals surface area contributed by atoms with Gasteiger partial charge in [-0.05, 0) is 43.5 Å². The number of carboxylic acids is 1. The molecule has 0 spiro atoms. The van der Waals surface area contributed by atoms with Gasteiger partial charge >= 0.3 is 5.97 Å². The number of hydrogen-bond donors (Lipinski definition) is 2. The van der Waals surface area contributed by atoms with Crippen LogP contribution in [-0.2, 0) is 13.0 Å². The van der Waals surface area contributed by atoms with Gasteiger partial charge in [0, 0.05) is 18.3 Å². The van der Waals surface area contributed by atoms with Crippen molar-refractivity contribution in [2.45, 2.75) is 32.9 Å². The molecule has 1 atom stereocenters. The Bertz CT molecular complexity index is 1020. The van der Waals surface area contributed by atoms with E-state index in [2.05, 4.69) is 20.5 Å². The van der Waals surface area contributed by atoms with Gasteiger partial charge < -0.3 is 15.3 Å². The Balaban J connectivity index is 1.66. The summed E-state index contributed by atoms with van der Waals surface area (Å²) in [5.74, 6) is 0.220. The molecule has 0 saturated heterocycles. The number of aromatic carboxylic acids is 1. The second-order valence-corrected chi connectivity index (χ2v) is 6.92. The topological polar surface area (TPSA) is 91.2 Å². The van der Waals surface area contributed by atoms with Crippen molar-refractivity contribution in [3.05, 3.63) is 70.9 Å². The number of carbonyl (C=O) groups is 1. The van der Waals surface area contributed by atoms with Crippen LogP contribution in [0.5, 0.6) is 0 Å². The SMILES string of the molecule is Cc1nnc(N2c3cccc(C(=O)O)c3CC2C)nc1NCc1ccccc1. The van der Waals surface area contributed by atoms with Crippen LogP contribution in [0.3, 0.4) is 0 Å². The van der Waals surface area contributed by atoms with Gasteiger partial charge in [0.2, 0.25) is 0 Å². The summed E-state index contributed by atoms with van der Waals surface area (Å²) in [7, 11) is 0. The van der Waals surface area contributed by atoms with E-state index in [1.165, 1.54) is 0 Å². The molecule has 142 valence electrons. The zero-order valence-electron chi connectivity index (χ0n) is 15.8. The summed E-state index contributed by atoms with van der Waals surface area (Å²) in [6.07, 6.45) is 0.627. The molecule has 0 saturated carbocycles. The quantitative estimate of drug-likeness (QED) is 0.704. The average Bonchev–Trinajstić information content (AvgIpc) is 3.04. The number of aromatic nitrogens is 3. The van der Waals surface area contributed by atoms with Gasteiger partial charge in [-0.25, -0.2) is 4.79 Å². The Hall–Kier alpha value is -3.48. The zero-order valence-corrected chi connectivity index (χ0v) is 15.8. The van der Waals surface area contributed by atoms with E-state index in [0.717, 1.165) is 16.8 Å². The predicted molar refractivity (Wildman–Crippen MR) is 107 cm³/mol. The Morgan fingerprint density at radius 3 is 2.71 bits per heavy atom. The first-order chi connectivity index (χ1) is 13.5. The van der Waals surface area contributed by atoms with Crippen LogP contribution in [0.1, 0.15) is 34.1 Å². The minimum absolute atomic E-state index is 0.0435. The lowest BCUT2D eigenvalue weighted by molar-refractivity contribution is 0.0696. The van der Waals surface area contributed by atoms with Gasteiger partial charge in [-0.1, -0.05) is 36.4 Å². The van der Waals surface area contributed by atoms with Crippen LogP contribution < -0.4 is 10.2 Å². The first kappa shape index (κ1) is 17.9. The number of rotatable bonds is 5. The highest BCUT2D eigenvalue weighted by Crippen LogP contribution is 2.38. The van der Waals surface area contributed by atoms with Gasteiger partial charge in [0.15, 0.2) is 5.82 Å². The number of hydrogen-bond acceptors (Lipinski definition) is 6. The molecule has 1 aromatic heterocycles. The number of fused-ring (bicyclic) bond motifs is 1. The number of anilines is 3. The first-order valence-electron chi connectivity index (χ1n) is 9.18. The molecule has 7 nitrogen and oxygen atoms in total. The monoisotopic (exact) mass is 375 g/mol. The zero-order chi connectivity index (χ0) is 19.7. The summed E-state index contributed by atoms with van der Waals surface area (Å²) in [6, 6.07) is 15.4. The molecule has 2 aromatic carbocycles. The van der Waals surface area contributed by atoms with Crippen molar-refractivity contribution < 1.29 is 9.90 Å². The van der Waals surface area contributed by atoms with E-state index in [9.17, 15) is 9.90 Å². The lowest BCUT2D eigenvalue weighted by atomic mass is 10.0. The number of nitrogens with zero attached hydrogens (tertiary/aromatic N) is 4. The fourth-order valence-electron chi connectivity index (χ4n) is 3.57. The fourth-order valence-corrected chi connectivity index (χ4v) is 3.57. The number of nitrogens with one attached hydrogen (secondary N) is 1. The standard InChI is InChI=1S/C21H21N5O2/c1-13-11-17-16(20(27)28)9-6-10-18(17)26(13)21-23-19(14(2)24-25-21)22-12-15-7-4-3-5-8-15/h3-10,13H,11-12H2,1-2H3,(H,27,28)(H,22,23,25). The van der Waals surface area contributed by atoms with E-state index in [0.29, 0.717) is 36.0 Å². The van der Waals surface area contributed by atoms with Crippen molar-refractivity contribution >= 4 is 23.4 Å². The largest absolute Gasteiger partial charge is 0.478 e. The van der Waals surface area contributed by atoms with Crippen LogP contribution in [0, 0.1) is 6.92 Å². The Morgan fingerprint density at radius 1 is 1.18 bits per heavy atom. The molecule has 7 heteroatoms. The first-order valence-corrected chi connectivity index (χ1v) is 9.18. The minimum Gasteiger partial charge on any atom is -0.478 e. The molecule has 4 rings (SSSR count). The van der Waals surface area contributed by atoms with Gasteiger partial charge in [0.25, 0.3) is 5.95 Å². The number of carboxylic acid groups (broad SMARTS) is 1. The van der Waals surface area contributed by atoms with E-state index >= 15 is 0 Å². The maximum Gasteiger partial charge on any atom is 0.336 e. The van der Waals surface area contributed by atoms with E-state index in [1.54, 1.807) is 12.1 Å². The summed E-state index contributed by atoms with van der Waals surface area (Å²) in [5, 5.41) is 21.4. The summed E-state index contributed by atoms with van der Waals surface area (Å²) in [5.41, 5.74) is 3.82. The molecule has 0 amide bonds. The molecule has 3 aromatic rings. The van der Waals surface area contributed by atoms with E-state index < -0.39 is 5.97 Å². The fraction of sp³-hybridized carbons (Fsp3) is 0.238. The van der Waals surface area contributed by atoms with Crippen molar-refractivity contribution in [2.75, 3.05) is 10.2 Å². The van der Waals surface area contributed by atoms with Gasteiger partial charge in [0.1, 0.15) is 5.69 Å². The third kappa shape index (κ3) is 3.26. The van der Waals surface area contributed by atoms with Crippen molar-refractivity contribution in [1.29, 1.82) is 0 Å². The molecule has 1 aliphatic rings. The van der Waals surface area contributed by atoms with E-state index in [4.69, 9.17) is 0 Å². The summed E-state index contributed by atoms with van der Waals surface area (Å²) in [4.78, 5) is 18.2. The molecular weight excluding hydrogens is 354 g/mol. The Kier molecular flexibility index (Phi) is 4.65. The normalized spacial score (nSPS) is 15.4. The molecule has 0 aliphatic carbocycles. The molecule has 0 fully saturated rings. The van der Waals surface area contributed by atoms with Gasteiger partial charge in [0.05, 0.1) is 5.56 Å². The maximum absolute atomic E-state index is 11.6. The van der Waals surface area contributed by atoms with Crippen LogP contribution in [0.4, 0.5) is 17.5 Å². The predicted octanol–water partition coefficient (Wildman–Crippen LogP) is 3.57. The highest BCUT2D eigenvalue weighted by molar-refractivity contribution is 5.92. The second-order valence-electron chi connectivity index (χ2n) is 6.92. The third-order valence-corrected chi connectivity index (χ3v) is 4.94. The molecule has 2 heterocycles. The van der Waals surface area contributed by atoms with Crippen LogP contribution in [-0.4, -0.2) is 32.3 Å². The number of aryl methyl sites for hydroxylation is 1. The minimum atomic E-state index is -0.918. The van der Waals surface area contributed by atoms with Crippen molar-refractivity contribution in [1.82, 2.24) is 15.2 Å². The van der Waals surface area contributed by atoms with Crippen molar-refractivity contribution in [3.63, 3.8) is 0 Å². The van der Waals surface area contributed by atoms with E-state index in [-0.39, 0.29) is 6.04 Å². The summed E-state index contributed by atoms with van der Waals surface area (Å²) >= 11 is 0. The molecule has 0 radical (unpaired) electrons. The van der Waals surface area contributed by atoms with E-state index in [1.807, 2.05) is 55.1 Å². The lowest BCUT2D eigenvalue weighted by Crippen LogP contribution is -2.26. The highest BCUT2D eigenvalue weighted by Gasteiger charge is 2.32. The van der Waals surface area contributed by atoms with Gasteiger partial charge in [-0.3, -0.25) is 0 Å². The van der Waals surface area contributed by atoms with Crippen LogP contribution in [0.25, 0.3) is 0 Å². The van der Waals surface area contributed by atoms with Crippen molar-refractivity contribution in [2.24, 2.45) is 0 Å². The van der Waals surface area contributed by atoms with Crippen LogP contribution in [0.15, 0.2) is 48.5 Å². The third-order valence-electron chi connectivity index (χ3n) is 4.94. The Labute approximate surface area is 163 Å². The number of benzene rings is 2. The Morgan fingerprint density at radius 2 is 1.96 bits per heavy atom. The van der Waals surface area contributed by atoms with Gasteiger partial charge in [-0.2, -0.15) is 4.98 Å². The molecule has 28 heavy (non-hydrogen) atoms. The molecule has 1 unspecified atom stereocenters. The smallest absolute Gasteiger partial charge is 0.336 e. The summed E-state index contributed by atoms with van der Waals surface area (Å²) < 4.78 is 0. The molecule has 1 aliphatic heterocycles. The van der Waals surface area contributed by atoms with Crippen LogP contribution >= 0.6 is 0 Å².